The van der Waals surface area contributed by atoms with Crippen LogP contribution in [-0.2, 0) is 4.79 Å². The average Bonchev–Trinajstić information content (AvgIpc) is 1.87. The van der Waals surface area contributed by atoms with Crippen molar-refractivity contribution in [3.05, 3.63) is 0 Å². The molecular weight excluding hydrogens is 146 g/mol. The van der Waals surface area contributed by atoms with Gasteiger partial charge >= 0.3 is 0 Å². The first-order chi connectivity index (χ1) is 4.77. The molecule has 0 aromatic carbocycles. The largest absolute Gasteiger partial charge is 0.234 e. The summed E-state index contributed by atoms with van der Waals surface area (Å²) < 4.78 is 0. The number of nitrogens with zero attached hydrogens (tertiary/aromatic N) is 1. The lowest BCUT2D eigenvalue weighted by molar-refractivity contribution is 0.562. The summed E-state index contributed by atoms with van der Waals surface area (Å²) in [5, 5.41) is 0.681. The Balaban J connectivity index is 2.98. The summed E-state index contributed by atoms with van der Waals surface area (Å²) >= 11 is 1.89. The Morgan fingerprint density at radius 1 is 1.60 bits per heavy atom. The molecule has 0 spiro atoms. The standard InChI is InChI=1S/C7H13NOS/c1-7(2)10-5-3-4-8-6-9/h7H,3-5H2,1-2H3. The van der Waals surface area contributed by atoms with E-state index in [0.29, 0.717) is 11.8 Å². The monoisotopic (exact) mass is 159 g/mol. The fraction of sp³-hybridized carbons (Fsp3) is 0.857. The lowest BCUT2D eigenvalue weighted by atomic mass is 10.5. The van der Waals surface area contributed by atoms with Crippen LogP contribution in [0.25, 0.3) is 0 Å². The molecule has 0 aliphatic heterocycles. The van der Waals surface area contributed by atoms with Crippen molar-refractivity contribution in [1.82, 2.24) is 0 Å². The minimum absolute atomic E-state index is 0.628. The van der Waals surface area contributed by atoms with Gasteiger partial charge in [0.05, 0.1) is 6.54 Å². The van der Waals surface area contributed by atoms with Gasteiger partial charge in [0.15, 0.2) is 0 Å². The van der Waals surface area contributed by atoms with E-state index in [1.807, 2.05) is 11.8 Å². The molecule has 0 saturated carbocycles. The minimum Gasteiger partial charge on any atom is -0.211 e. The highest BCUT2D eigenvalue weighted by atomic mass is 32.2. The van der Waals surface area contributed by atoms with E-state index in [1.54, 1.807) is 0 Å². The number of thioether (sulfide) groups is 1. The van der Waals surface area contributed by atoms with Gasteiger partial charge in [0.1, 0.15) is 0 Å². The third-order valence-corrected chi connectivity index (χ3v) is 2.12. The van der Waals surface area contributed by atoms with Gasteiger partial charge in [0, 0.05) is 0 Å². The van der Waals surface area contributed by atoms with E-state index in [1.165, 1.54) is 6.08 Å². The van der Waals surface area contributed by atoms with E-state index in [-0.39, 0.29) is 0 Å². The van der Waals surface area contributed by atoms with E-state index < -0.39 is 0 Å². The van der Waals surface area contributed by atoms with Crippen molar-refractivity contribution in [2.45, 2.75) is 25.5 Å². The molecule has 0 bridgehead atoms. The summed E-state index contributed by atoms with van der Waals surface area (Å²) in [7, 11) is 0. The van der Waals surface area contributed by atoms with Crippen LogP contribution in [0.2, 0.25) is 0 Å². The van der Waals surface area contributed by atoms with Gasteiger partial charge in [-0.1, -0.05) is 13.8 Å². The summed E-state index contributed by atoms with van der Waals surface area (Å²) in [6.07, 6.45) is 2.51. The van der Waals surface area contributed by atoms with E-state index in [2.05, 4.69) is 18.8 Å². The SMILES string of the molecule is CC(C)SCCCN=C=O. The minimum atomic E-state index is 0.628. The predicted molar refractivity (Wildman–Crippen MR) is 45.2 cm³/mol. The zero-order chi connectivity index (χ0) is 7.82. The maximum atomic E-state index is 9.60. The maximum Gasteiger partial charge on any atom is 0.234 e. The van der Waals surface area contributed by atoms with Crippen molar-refractivity contribution in [3.8, 4) is 0 Å². The molecule has 2 nitrogen and oxygen atoms in total. The van der Waals surface area contributed by atoms with Crippen molar-refractivity contribution in [1.29, 1.82) is 0 Å². The van der Waals surface area contributed by atoms with E-state index in [0.717, 1.165) is 12.2 Å². The van der Waals surface area contributed by atoms with Crippen LogP contribution in [0.5, 0.6) is 0 Å². The van der Waals surface area contributed by atoms with Gasteiger partial charge in [0.2, 0.25) is 6.08 Å². The molecule has 10 heavy (non-hydrogen) atoms. The van der Waals surface area contributed by atoms with Crippen LogP contribution in [0.4, 0.5) is 0 Å². The van der Waals surface area contributed by atoms with Gasteiger partial charge in [-0.2, -0.15) is 11.8 Å². The van der Waals surface area contributed by atoms with Crippen LogP contribution in [-0.4, -0.2) is 23.6 Å². The first-order valence-electron chi connectivity index (χ1n) is 3.42. The van der Waals surface area contributed by atoms with Crippen molar-refractivity contribution in [3.63, 3.8) is 0 Å². The molecule has 0 rings (SSSR count). The average molecular weight is 159 g/mol. The smallest absolute Gasteiger partial charge is 0.211 e. The predicted octanol–water partition coefficient (Wildman–Crippen LogP) is 1.85. The summed E-state index contributed by atoms with van der Waals surface area (Å²) in [4.78, 5) is 13.1. The lowest BCUT2D eigenvalue weighted by Gasteiger charge is -2.00. The van der Waals surface area contributed by atoms with E-state index in [4.69, 9.17) is 0 Å². The molecule has 0 fully saturated rings. The van der Waals surface area contributed by atoms with Gasteiger partial charge in [-0.05, 0) is 17.4 Å². The first-order valence-corrected chi connectivity index (χ1v) is 4.47. The number of hydrogen-bond donors (Lipinski definition) is 0. The number of rotatable bonds is 5. The highest BCUT2D eigenvalue weighted by Crippen LogP contribution is 2.09. The Hall–Kier alpha value is -0.270. The van der Waals surface area contributed by atoms with Crippen molar-refractivity contribution < 1.29 is 4.79 Å². The molecule has 0 aromatic heterocycles. The number of carbonyl (C=O) groups excluding carboxylic acids is 1. The number of aliphatic imine (C=N–C) groups is 1. The molecule has 0 aliphatic rings. The fourth-order valence-electron chi connectivity index (χ4n) is 0.508. The van der Waals surface area contributed by atoms with Crippen LogP contribution in [0.15, 0.2) is 4.99 Å². The Bertz CT molecular complexity index is 119. The lowest BCUT2D eigenvalue weighted by Crippen LogP contribution is -1.91. The second kappa shape index (κ2) is 6.84. The summed E-state index contributed by atoms with van der Waals surface area (Å²) in [6.45, 7) is 4.95. The zero-order valence-electron chi connectivity index (χ0n) is 6.46. The molecule has 0 aromatic rings. The summed E-state index contributed by atoms with van der Waals surface area (Å²) in [6, 6.07) is 0. The molecule has 0 aliphatic carbocycles. The van der Waals surface area contributed by atoms with E-state index in [9.17, 15) is 4.79 Å². The van der Waals surface area contributed by atoms with Gasteiger partial charge in [-0.25, -0.2) is 9.79 Å². The quantitative estimate of drug-likeness (QED) is 0.348. The normalized spacial score (nSPS) is 9.50. The van der Waals surface area contributed by atoms with E-state index >= 15 is 0 Å². The number of hydrogen-bond acceptors (Lipinski definition) is 3. The molecule has 0 N–H and O–H groups in total. The molecule has 0 saturated heterocycles. The molecule has 3 heteroatoms. The van der Waals surface area contributed by atoms with Gasteiger partial charge in [-0.15, -0.1) is 0 Å². The molecule has 58 valence electrons. The summed E-state index contributed by atoms with van der Waals surface area (Å²) in [5.74, 6) is 1.09. The Morgan fingerprint density at radius 2 is 2.30 bits per heavy atom. The Labute approximate surface area is 66.1 Å². The van der Waals surface area contributed by atoms with Gasteiger partial charge in [0.25, 0.3) is 0 Å². The van der Waals surface area contributed by atoms with Gasteiger partial charge in [-0.3, -0.25) is 0 Å². The van der Waals surface area contributed by atoms with Crippen LogP contribution >= 0.6 is 11.8 Å². The van der Waals surface area contributed by atoms with Crippen LogP contribution in [0.3, 0.4) is 0 Å². The zero-order valence-corrected chi connectivity index (χ0v) is 7.28. The second-order valence-electron chi connectivity index (χ2n) is 2.25. The molecule has 0 heterocycles. The van der Waals surface area contributed by atoms with Crippen molar-refractivity contribution >= 4 is 17.8 Å². The van der Waals surface area contributed by atoms with Crippen molar-refractivity contribution in [2.75, 3.05) is 12.3 Å². The highest BCUT2D eigenvalue weighted by molar-refractivity contribution is 7.99. The maximum absolute atomic E-state index is 9.60. The van der Waals surface area contributed by atoms with Crippen LogP contribution < -0.4 is 0 Å². The Kier molecular flexibility index (Phi) is 6.66. The first kappa shape index (κ1) is 9.73. The topological polar surface area (TPSA) is 29.4 Å². The molecule has 0 atom stereocenters. The third kappa shape index (κ3) is 7.73. The highest BCUT2D eigenvalue weighted by Gasteiger charge is 1.92. The molecular formula is C7H13NOS. The molecule has 0 amide bonds. The van der Waals surface area contributed by atoms with Gasteiger partial charge < -0.3 is 0 Å². The second-order valence-corrected chi connectivity index (χ2v) is 3.93. The third-order valence-electron chi connectivity index (χ3n) is 0.930. The molecule has 0 unspecified atom stereocenters. The molecule has 0 radical (unpaired) electrons. The number of isocyanates is 1. The summed E-state index contributed by atoms with van der Waals surface area (Å²) in [5.41, 5.74) is 0. The Morgan fingerprint density at radius 3 is 2.80 bits per heavy atom. The van der Waals surface area contributed by atoms with Crippen molar-refractivity contribution in [2.24, 2.45) is 4.99 Å². The van der Waals surface area contributed by atoms with Crippen LogP contribution in [0.1, 0.15) is 20.3 Å². The fourth-order valence-corrected chi connectivity index (χ4v) is 1.28. The van der Waals surface area contributed by atoms with Crippen LogP contribution in [0, 0.1) is 0 Å².